The molecule has 0 aliphatic carbocycles. The van der Waals surface area contributed by atoms with Gasteiger partial charge in [-0.05, 0) is 42.8 Å². The van der Waals surface area contributed by atoms with E-state index < -0.39 is 12.0 Å². The van der Waals surface area contributed by atoms with Gasteiger partial charge in [0.05, 0.1) is 19.3 Å². The fourth-order valence-corrected chi connectivity index (χ4v) is 2.69. The van der Waals surface area contributed by atoms with Gasteiger partial charge in [0.25, 0.3) is 11.8 Å². The van der Waals surface area contributed by atoms with E-state index in [9.17, 15) is 9.59 Å². The zero-order valence-corrected chi connectivity index (χ0v) is 13.9. The SMILES string of the molecule is COc1ccc(CN2C(=O)C(C)Oc3ccc(C(=O)NO)cc32)cc1. The van der Waals surface area contributed by atoms with E-state index in [1.54, 1.807) is 30.5 Å². The zero-order chi connectivity index (χ0) is 18.0. The summed E-state index contributed by atoms with van der Waals surface area (Å²) in [6.45, 7) is 2.01. The Morgan fingerprint density at radius 1 is 1.28 bits per heavy atom. The van der Waals surface area contributed by atoms with Gasteiger partial charge in [0.2, 0.25) is 0 Å². The molecule has 3 rings (SSSR count). The minimum Gasteiger partial charge on any atom is -0.497 e. The number of rotatable bonds is 4. The fourth-order valence-electron chi connectivity index (χ4n) is 2.69. The Morgan fingerprint density at radius 3 is 2.64 bits per heavy atom. The minimum absolute atomic E-state index is 0.204. The van der Waals surface area contributed by atoms with Crippen molar-refractivity contribution < 1.29 is 24.3 Å². The summed E-state index contributed by atoms with van der Waals surface area (Å²) in [5.74, 6) is 0.381. The van der Waals surface area contributed by atoms with Crippen molar-refractivity contribution in [1.82, 2.24) is 5.48 Å². The number of amides is 2. The van der Waals surface area contributed by atoms with Crippen LogP contribution in [0.1, 0.15) is 22.8 Å². The summed E-state index contributed by atoms with van der Waals surface area (Å²) in [6, 6.07) is 12.0. The van der Waals surface area contributed by atoms with Crippen LogP contribution in [0.3, 0.4) is 0 Å². The van der Waals surface area contributed by atoms with Crippen molar-refractivity contribution in [3.63, 3.8) is 0 Å². The third kappa shape index (κ3) is 3.27. The lowest BCUT2D eigenvalue weighted by Gasteiger charge is -2.33. The molecule has 2 aromatic rings. The minimum atomic E-state index is -0.654. The second-order valence-electron chi connectivity index (χ2n) is 5.66. The number of nitrogens with one attached hydrogen (secondary N) is 1. The standard InChI is InChI=1S/C18H18N2O5/c1-11-18(22)20(10-12-3-6-14(24-2)7-4-12)15-9-13(17(21)19-23)5-8-16(15)25-11/h3-9,11,23H,10H2,1-2H3,(H,19,21). The van der Waals surface area contributed by atoms with E-state index in [0.29, 0.717) is 18.0 Å². The molecule has 2 N–H and O–H groups in total. The second-order valence-corrected chi connectivity index (χ2v) is 5.66. The molecule has 7 nitrogen and oxygen atoms in total. The molecule has 1 heterocycles. The smallest absolute Gasteiger partial charge is 0.274 e. The van der Waals surface area contributed by atoms with Gasteiger partial charge < -0.3 is 14.4 Å². The summed E-state index contributed by atoms with van der Waals surface area (Å²) in [5.41, 5.74) is 3.21. The molecular formula is C18H18N2O5. The number of ether oxygens (including phenoxy) is 2. The van der Waals surface area contributed by atoms with Gasteiger partial charge in [0, 0.05) is 5.56 Å². The first kappa shape index (κ1) is 16.8. The number of hydroxylamine groups is 1. The molecule has 2 aromatic carbocycles. The highest BCUT2D eigenvalue weighted by molar-refractivity contribution is 6.02. The topological polar surface area (TPSA) is 88.1 Å². The number of fused-ring (bicyclic) bond motifs is 1. The number of methoxy groups -OCH3 is 1. The third-order valence-corrected chi connectivity index (χ3v) is 4.03. The van der Waals surface area contributed by atoms with E-state index in [-0.39, 0.29) is 11.5 Å². The van der Waals surface area contributed by atoms with Crippen LogP contribution in [-0.2, 0) is 11.3 Å². The molecule has 1 aliphatic heterocycles. The number of nitrogens with zero attached hydrogens (tertiary/aromatic N) is 1. The Bertz CT molecular complexity index is 804. The number of carbonyl (C=O) groups excluding carboxylic acids is 2. The predicted molar refractivity (Wildman–Crippen MR) is 90.0 cm³/mol. The van der Waals surface area contributed by atoms with Crippen LogP contribution in [0.25, 0.3) is 0 Å². The normalized spacial score (nSPS) is 16.0. The second kappa shape index (κ2) is 6.82. The molecule has 130 valence electrons. The molecule has 1 aliphatic rings. The average molecular weight is 342 g/mol. The maximum atomic E-state index is 12.6. The van der Waals surface area contributed by atoms with Crippen molar-refractivity contribution in [1.29, 1.82) is 0 Å². The van der Waals surface area contributed by atoms with Crippen LogP contribution in [0.4, 0.5) is 5.69 Å². The van der Waals surface area contributed by atoms with Crippen molar-refractivity contribution in [2.75, 3.05) is 12.0 Å². The first-order valence-electron chi connectivity index (χ1n) is 7.73. The molecule has 7 heteroatoms. The Hall–Kier alpha value is -3.06. The van der Waals surface area contributed by atoms with Gasteiger partial charge >= 0.3 is 0 Å². The van der Waals surface area contributed by atoms with Crippen LogP contribution < -0.4 is 19.9 Å². The van der Waals surface area contributed by atoms with E-state index in [1.165, 1.54) is 12.1 Å². The summed E-state index contributed by atoms with van der Waals surface area (Å²) in [4.78, 5) is 25.8. The van der Waals surface area contributed by atoms with E-state index in [0.717, 1.165) is 11.3 Å². The molecule has 0 aromatic heterocycles. The number of benzene rings is 2. The first-order chi connectivity index (χ1) is 12.0. The Kier molecular flexibility index (Phi) is 4.58. The number of hydrogen-bond acceptors (Lipinski definition) is 5. The largest absolute Gasteiger partial charge is 0.497 e. The van der Waals surface area contributed by atoms with E-state index in [2.05, 4.69) is 0 Å². The van der Waals surface area contributed by atoms with E-state index in [1.807, 2.05) is 24.3 Å². The molecular weight excluding hydrogens is 324 g/mol. The highest BCUT2D eigenvalue weighted by Crippen LogP contribution is 2.36. The molecule has 0 saturated heterocycles. The molecule has 2 amide bonds. The maximum absolute atomic E-state index is 12.6. The average Bonchev–Trinajstić information content (AvgIpc) is 2.65. The molecule has 1 atom stereocenters. The molecule has 1 unspecified atom stereocenters. The Morgan fingerprint density at radius 2 is 2.00 bits per heavy atom. The molecule has 0 bridgehead atoms. The molecule has 0 fully saturated rings. The fraction of sp³-hybridized carbons (Fsp3) is 0.222. The van der Waals surface area contributed by atoms with Crippen LogP contribution in [0.15, 0.2) is 42.5 Å². The lowest BCUT2D eigenvalue weighted by molar-refractivity contribution is -0.125. The van der Waals surface area contributed by atoms with Crippen LogP contribution >= 0.6 is 0 Å². The van der Waals surface area contributed by atoms with E-state index in [4.69, 9.17) is 14.7 Å². The van der Waals surface area contributed by atoms with Gasteiger partial charge in [-0.2, -0.15) is 0 Å². The van der Waals surface area contributed by atoms with Crippen LogP contribution in [0.2, 0.25) is 0 Å². The van der Waals surface area contributed by atoms with Gasteiger partial charge in [-0.1, -0.05) is 12.1 Å². The maximum Gasteiger partial charge on any atom is 0.274 e. The first-order valence-corrected chi connectivity index (χ1v) is 7.73. The van der Waals surface area contributed by atoms with Crippen molar-refractivity contribution in [3.05, 3.63) is 53.6 Å². The predicted octanol–water partition coefficient (Wildman–Crippen LogP) is 2.13. The summed E-state index contributed by atoms with van der Waals surface area (Å²) in [6.07, 6.45) is -0.622. The monoisotopic (exact) mass is 342 g/mol. The molecule has 0 radical (unpaired) electrons. The zero-order valence-electron chi connectivity index (χ0n) is 13.9. The Labute approximate surface area is 144 Å². The van der Waals surface area contributed by atoms with Crippen LogP contribution in [0, 0.1) is 0 Å². The van der Waals surface area contributed by atoms with Gasteiger partial charge in [-0.15, -0.1) is 0 Å². The van der Waals surface area contributed by atoms with Gasteiger partial charge in [0.15, 0.2) is 6.10 Å². The van der Waals surface area contributed by atoms with Crippen molar-refractivity contribution in [3.8, 4) is 11.5 Å². The molecule has 0 saturated carbocycles. The lowest BCUT2D eigenvalue weighted by Crippen LogP contribution is -2.44. The third-order valence-electron chi connectivity index (χ3n) is 4.03. The summed E-state index contributed by atoms with van der Waals surface area (Å²) < 4.78 is 10.8. The Balaban J connectivity index is 1.97. The van der Waals surface area contributed by atoms with Gasteiger partial charge in [-0.25, -0.2) is 5.48 Å². The van der Waals surface area contributed by atoms with E-state index >= 15 is 0 Å². The lowest BCUT2D eigenvalue weighted by atomic mass is 10.1. The van der Waals surface area contributed by atoms with Crippen LogP contribution in [0.5, 0.6) is 11.5 Å². The summed E-state index contributed by atoms with van der Waals surface area (Å²) in [7, 11) is 1.59. The van der Waals surface area contributed by atoms with Crippen molar-refractivity contribution in [2.24, 2.45) is 0 Å². The number of hydrogen-bond donors (Lipinski definition) is 2. The number of carbonyl (C=O) groups is 2. The van der Waals surface area contributed by atoms with Crippen LogP contribution in [-0.4, -0.2) is 30.2 Å². The highest BCUT2D eigenvalue weighted by atomic mass is 16.5. The van der Waals surface area contributed by atoms with Crippen molar-refractivity contribution >= 4 is 17.5 Å². The molecule has 25 heavy (non-hydrogen) atoms. The summed E-state index contributed by atoms with van der Waals surface area (Å²) in [5, 5.41) is 8.81. The summed E-state index contributed by atoms with van der Waals surface area (Å²) >= 11 is 0. The number of anilines is 1. The van der Waals surface area contributed by atoms with Gasteiger partial charge in [0.1, 0.15) is 11.5 Å². The quantitative estimate of drug-likeness (QED) is 0.656. The van der Waals surface area contributed by atoms with Crippen molar-refractivity contribution in [2.45, 2.75) is 19.6 Å². The highest BCUT2D eigenvalue weighted by Gasteiger charge is 2.32. The molecule has 0 spiro atoms. The van der Waals surface area contributed by atoms with Gasteiger partial charge in [-0.3, -0.25) is 14.8 Å².